The molecule has 0 aromatic rings. The first-order valence-electron chi connectivity index (χ1n) is 8.52. The second-order valence-electron chi connectivity index (χ2n) is 5.42. The zero-order valence-electron chi connectivity index (χ0n) is 16.1. The van der Waals surface area contributed by atoms with Crippen molar-refractivity contribution in [2.24, 2.45) is 5.92 Å². The molecule has 0 spiro atoms. The van der Waals surface area contributed by atoms with E-state index in [0.717, 1.165) is 19.1 Å². The third-order valence-electron chi connectivity index (χ3n) is 2.63. The third-order valence-corrected chi connectivity index (χ3v) is 5.78. The molecule has 0 atom stereocenters. The fourth-order valence-electron chi connectivity index (χ4n) is 1.90. The minimum Gasteiger partial charge on any atom is -0.384 e. The van der Waals surface area contributed by atoms with Crippen LogP contribution in [0.5, 0.6) is 0 Å². The van der Waals surface area contributed by atoms with Gasteiger partial charge < -0.3 is 23.3 Å². The van der Waals surface area contributed by atoms with Crippen molar-refractivity contribution in [3.8, 4) is 0 Å². The summed E-state index contributed by atoms with van der Waals surface area (Å²) in [5, 5.41) is 2.76. The van der Waals surface area contributed by atoms with Crippen LogP contribution in [0.1, 0.15) is 48.0 Å². The van der Waals surface area contributed by atoms with Gasteiger partial charge in [0.25, 0.3) is 0 Å². The Balaban J connectivity index is 0. The van der Waals surface area contributed by atoms with E-state index in [1.165, 1.54) is 6.92 Å². The highest BCUT2D eigenvalue weighted by Gasteiger charge is 2.39. The van der Waals surface area contributed by atoms with Crippen LogP contribution in [-0.2, 0) is 22.8 Å². The van der Waals surface area contributed by atoms with E-state index in [1.54, 1.807) is 7.11 Å². The van der Waals surface area contributed by atoms with Crippen molar-refractivity contribution in [3.63, 3.8) is 0 Å². The van der Waals surface area contributed by atoms with Gasteiger partial charge in [-0.25, -0.2) is 0 Å². The van der Waals surface area contributed by atoms with E-state index in [1.807, 2.05) is 20.8 Å². The molecule has 0 rings (SSSR count). The van der Waals surface area contributed by atoms with Crippen LogP contribution in [-0.4, -0.2) is 54.8 Å². The Bertz CT molecular complexity index is 260. The van der Waals surface area contributed by atoms with Crippen LogP contribution in [0, 0.1) is 5.92 Å². The molecule has 23 heavy (non-hydrogen) atoms. The highest BCUT2D eigenvalue weighted by atomic mass is 28.4. The molecule has 0 aromatic carbocycles. The van der Waals surface area contributed by atoms with Crippen molar-refractivity contribution in [1.82, 2.24) is 5.32 Å². The van der Waals surface area contributed by atoms with Crippen molar-refractivity contribution in [2.45, 2.75) is 54.0 Å². The molecule has 0 saturated carbocycles. The van der Waals surface area contributed by atoms with E-state index in [4.69, 9.17) is 18.0 Å². The molecule has 0 radical (unpaired) electrons. The topological polar surface area (TPSA) is 66.0 Å². The van der Waals surface area contributed by atoms with Gasteiger partial charge in [0.2, 0.25) is 5.91 Å². The van der Waals surface area contributed by atoms with Crippen LogP contribution in [0.25, 0.3) is 0 Å². The van der Waals surface area contributed by atoms with Gasteiger partial charge in [-0.2, -0.15) is 0 Å². The van der Waals surface area contributed by atoms with E-state index < -0.39 is 8.80 Å². The molecular formula is C16H37NO5Si. The first kappa shape index (κ1) is 24.8. The van der Waals surface area contributed by atoms with Gasteiger partial charge in [-0.05, 0) is 33.1 Å². The molecule has 0 aromatic heterocycles. The molecule has 6 nitrogen and oxygen atoms in total. The van der Waals surface area contributed by atoms with E-state index in [2.05, 4.69) is 19.2 Å². The fraction of sp³-hybridized carbons (Fsp3) is 0.938. The van der Waals surface area contributed by atoms with Gasteiger partial charge in [-0.3, -0.25) is 4.79 Å². The first-order chi connectivity index (χ1) is 10.9. The normalized spacial score (nSPS) is 11.1. The molecule has 0 unspecified atom stereocenters. The first-order valence-corrected chi connectivity index (χ1v) is 10.5. The van der Waals surface area contributed by atoms with E-state index in [9.17, 15) is 4.79 Å². The van der Waals surface area contributed by atoms with Gasteiger partial charge in [0.05, 0.1) is 0 Å². The number of carbonyl (C=O) groups is 1. The molecule has 0 heterocycles. The average molecular weight is 352 g/mol. The molecule has 0 aliphatic heterocycles. The summed E-state index contributed by atoms with van der Waals surface area (Å²) < 4.78 is 21.9. The predicted molar refractivity (Wildman–Crippen MR) is 95.5 cm³/mol. The largest absolute Gasteiger partial charge is 0.500 e. The highest BCUT2D eigenvalue weighted by molar-refractivity contribution is 6.60. The number of carbonyl (C=O) groups excluding carboxylic acids is 1. The molecule has 140 valence electrons. The van der Waals surface area contributed by atoms with E-state index in [-0.39, 0.29) is 5.91 Å². The van der Waals surface area contributed by atoms with Crippen molar-refractivity contribution in [3.05, 3.63) is 0 Å². The monoisotopic (exact) mass is 351 g/mol. The summed E-state index contributed by atoms with van der Waals surface area (Å²) in [7, 11) is -0.797. The second-order valence-corrected chi connectivity index (χ2v) is 8.15. The number of hydrogen-bond donors (Lipinski definition) is 1. The molecule has 0 fully saturated rings. The Morgan fingerprint density at radius 3 is 1.78 bits per heavy atom. The SMILES string of the molecule is CCO[Si](CCCNC(C)=O)(OCC)OCC.COCC(C)C. The van der Waals surface area contributed by atoms with Crippen molar-refractivity contribution in [2.75, 3.05) is 40.1 Å². The van der Waals surface area contributed by atoms with Crippen LogP contribution in [0.15, 0.2) is 0 Å². The van der Waals surface area contributed by atoms with Crippen LogP contribution in [0.2, 0.25) is 6.04 Å². The van der Waals surface area contributed by atoms with E-state index >= 15 is 0 Å². The Morgan fingerprint density at radius 1 is 1.04 bits per heavy atom. The van der Waals surface area contributed by atoms with Gasteiger partial charge in [0.15, 0.2) is 0 Å². The van der Waals surface area contributed by atoms with Gasteiger partial charge in [0.1, 0.15) is 0 Å². The van der Waals surface area contributed by atoms with Crippen molar-refractivity contribution < 1.29 is 22.8 Å². The maximum atomic E-state index is 10.8. The second kappa shape index (κ2) is 16.4. The number of amides is 1. The maximum absolute atomic E-state index is 10.8. The molecule has 1 N–H and O–H groups in total. The minimum absolute atomic E-state index is 0.0125. The lowest BCUT2D eigenvalue weighted by Crippen LogP contribution is -2.46. The molecule has 0 bridgehead atoms. The Hall–Kier alpha value is -0.473. The molecule has 0 aliphatic rings. The zero-order valence-corrected chi connectivity index (χ0v) is 17.1. The molecule has 7 heteroatoms. The van der Waals surface area contributed by atoms with Crippen LogP contribution < -0.4 is 5.32 Å². The Labute approximate surface area is 143 Å². The summed E-state index contributed by atoms with van der Waals surface area (Å²) in [5.74, 6) is 0.663. The standard InChI is InChI=1S/C11H25NO4Si.C5H12O/c1-5-14-17(15-6-2,16-7-3)10-8-9-12-11(4)13;1-5(2)4-6-3/h5-10H2,1-4H3,(H,12,13);5H,4H2,1-3H3. The van der Waals surface area contributed by atoms with E-state index in [0.29, 0.717) is 32.3 Å². The summed E-state index contributed by atoms with van der Waals surface area (Å²) in [6, 6.07) is 0.739. The zero-order chi connectivity index (χ0) is 18.1. The van der Waals surface area contributed by atoms with Crippen LogP contribution in [0.3, 0.4) is 0 Å². The molecular weight excluding hydrogens is 314 g/mol. The summed E-state index contributed by atoms with van der Waals surface area (Å²) in [5.41, 5.74) is 0. The fourth-order valence-corrected chi connectivity index (χ4v) is 4.52. The maximum Gasteiger partial charge on any atom is 0.500 e. The summed E-state index contributed by atoms with van der Waals surface area (Å²) >= 11 is 0. The number of rotatable bonds is 12. The minimum atomic E-state index is -2.52. The lowest BCUT2D eigenvalue weighted by molar-refractivity contribution is -0.118. The van der Waals surface area contributed by atoms with Gasteiger partial charge in [-0.1, -0.05) is 13.8 Å². The Morgan fingerprint density at radius 2 is 1.52 bits per heavy atom. The molecule has 0 saturated heterocycles. The number of ether oxygens (including phenoxy) is 1. The van der Waals surface area contributed by atoms with Crippen molar-refractivity contribution >= 4 is 14.7 Å². The molecule has 1 amide bonds. The quantitative estimate of drug-likeness (QED) is 0.433. The lowest BCUT2D eigenvalue weighted by atomic mass is 10.2. The van der Waals surface area contributed by atoms with Crippen LogP contribution >= 0.6 is 0 Å². The summed E-state index contributed by atoms with van der Waals surface area (Å²) in [6.45, 7) is 14.9. The van der Waals surface area contributed by atoms with Crippen LogP contribution in [0.4, 0.5) is 0 Å². The van der Waals surface area contributed by atoms with Gasteiger partial charge >= 0.3 is 8.80 Å². The summed E-state index contributed by atoms with van der Waals surface area (Å²) in [4.78, 5) is 10.8. The smallest absolute Gasteiger partial charge is 0.384 e. The van der Waals surface area contributed by atoms with Gasteiger partial charge in [-0.15, -0.1) is 0 Å². The highest BCUT2D eigenvalue weighted by Crippen LogP contribution is 2.17. The number of nitrogens with one attached hydrogen (secondary N) is 1. The number of hydrogen-bond acceptors (Lipinski definition) is 5. The van der Waals surface area contributed by atoms with Crippen molar-refractivity contribution in [1.29, 1.82) is 0 Å². The Kier molecular flexibility index (Phi) is 17.7. The average Bonchev–Trinajstić information content (AvgIpc) is 2.45. The van der Waals surface area contributed by atoms with Gasteiger partial charge in [0, 0.05) is 53.0 Å². The lowest BCUT2D eigenvalue weighted by Gasteiger charge is -2.28. The summed E-state index contributed by atoms with van der Waals surface area (Å²) in [6.07, 6.45) is 0.811. The third kappa shape index (κ3) is 16.2. The molecule has 0 aliphatic carbocycles. The predicted octanol–water partition coefficient (Wildman–Crippen LogP) is 2.85. The number of methoxy groups -OCH3 is 1.